The molecule has 3 fully saturated rings. The number of hydrogen-bond acceptors (Lipinski definition) is 5. The van der Waals surface area contributed by atoms with Gasteiger partial charge in [0.15, 0.2) is 0 Å². The zero-order valence-electron chi connectivity index (χ0n) is 12.6. The molecule has 24 heavy (non-hydrogen) atoms. The normalized spacial score (nSPS) is 33.3. The summed E-state index contributed by atoms with van der Waals surface area (Å²) in [5.41, 5.74) is -1.52. The molecule has 3 rings (SSSR count). The van der Waals surface area contributed by atoms with Gasteiger partial charge in [0.25, 0.3) is 5.91 Å². The van der Waals surface area contributed by atoms with Crippen LogP contribution in [0.1, 0.15) is 19.3 Å². The van der Waals surface area contributed by atoms with E-state index >= 15 is 0 Å². The van der Waals surface area contributed by atoms with Gasteiger partial charge in [-0.05, 0) is 12.8 Å². The van der Waals surface area contributed by atoms with Crippen molar-refractivity contribution in [1.82, 2.24) is 5.32 Å². The third-order valence-electron chi connectivity index (χ3n) is 4.91. The van der Waals surface area contributed by atoms with Gasteiger partial charge in [0.1, 0.15) is 17.8 Å². The maximum absolute atomic E-state index is 12.3. The van der Waals surface area contributed by atoms with Crippen LogP contribution in [-0.4, -0.2) is 42.8 Å². The largest absolute Gasteiger partial charge is 0.458 e. The minimum atomic E-state index is -4.81. The van der Waals surface area contributed by atoms with Crippen molar-refractivity contribution in [1.29, 1.82) is 0 Å². The number of halogens is 3. The van der Waals surface area contributed by atoms with Crippen LogP contribution in [-0.2, 0) is 23.9 Å². The van der Waals surface area contributed by atoms with Gasteiger partial charge in [0.2, 0.25) is 0 Å². The number of alkyl halides is 3. The van der Waals surface area contributed by atoms with Gasteiger partial charge in [-0.1, -0.05) is 6.58 Å². The van der Waals surface area contributed by atoms with Crippen LogP contribution in [0, 0.1) is 17.8 Å². The zero-order chi connectivity index (χ0) is 17.6. The van der Waals surface area contributed by atoms with E-state index in [0.29, 0.717) is 6.42 Å². The summed E-state index contributed by atoms with van der Waals surface area (Å²) in [5.74, 6) is -2.19. The molecule has 1 amide bonds. The molecule has 0 spiro atoms. The van der Waals surface area contributed by atoms with E-state index in [4.69, 9.17) is 9.47 Å². The second-order valence-corrected chi connectivity index (χ2v) is 6.34. The van der Waals surface area contributed by atoms with Crippen LogP contribution < -0.4 is 5.32 Å². The SMILES string of the molecule is C=C(C(=O)NCCC(=O)OC1C2CC3C(=O)OC1C3C2)C(F)(F)F. The molecule has 1 N–H and O–H groups in total. The van der Waals surface area contributed by atoms with Crippen molar-refractivity contribution in [3.63, 3.8) is 0 Å². The molecule has 2 aliphatic carbocycles. The lowest BCUT2D eigenvalue weighted by Crippen LogP contribution is -2.37. The molecule has 1 aliphatic heterocycles. The van der Waals surface area contributed by atoms with Crippen LogP contribution in [0.2, 0.25) is 0 Å². The molecule has 2 saturated carbocycles. The maximum Gasteiger partial charge on any atom is 0.421 e. The number of nitrogens with one attached hydrogen (secondary N) is 1. The third-order valence-corrected chi connectivity index (χ3v) is 4.91. The third kappa shape index (κ3) is 2.87. The van der Waals surface area contributed by atoms with Gasteiger partial charge in [-0.15, -0.1) is 0 Å². The summed E-state index contributed by atoms with van der Waals surface area (Å²) in [6, 6.07) is 0. The second kappa shape index (κ2) is 5.78. The Morgan fingerprint density at radius 1 is 1.33 bits per heavy atom. The number of carbonyl (C=O) groups is 3. The predicted octanol–water partition coefficient (Wildman–Crippen LogP) is 1.10. The maximum atomic E-state index is 12.3. The van der Waals surface area contributed by atoms with Crippen molar-refractivity contribution in [2.45, 2.75) is 37.6 Å². The molecule has 2 bridgehead atoms. The van der Waals surface area contributed by atoms with Crippen molar-refractivity contribution in [3.8, 4) is 0 Å². The highest BCUT2D eigenvalue weighted by atomic mass is 19.4. The molecular weight excluding hydrogens is 331 g/mol. The monoisotopic (exact) mass is 347 g/mol. The van der Waals surface area contributed by atoms with Gasteiger partial charge in [-0.25, -0.2) is 0 Å². The zero-order valence-corrected chi connectivity index (χ0v) is 12.6. The summed E-state index contributed by atoms with van der Waals surface area (Å²) in [5, 5.41) is 1.97. The van der Waals surface area contributed by atoms with Crippen LogP contribution in [0.5, 0.6) is 0 Å². The van der Waals surface area contributed by atoms with Crippen LogP contribution in [0.4, 0.5) is 13.2 Å². The molecule has 1 saturated heterocycles. The summed E-state index contributed by atoms with van der Waals surface area (Å²) in [7, 11) is 0. The molecule has 3 aliphatic rings. The molecule has 5 unspecified atom stereocenters. The van der Waals surface area contributed by atoms with E-state index in [1.807, 2.05) is 5.32 Å². The number of fused-ring (bicyclic) bond motifs is 1. The number of amides is 1. The molecular formula is C15H16F3NO5. The van der Waals surface area contributed by atoms with Crippen molar-refractivity contribution in [2.24, 2.45) is 17.8 Å². The fourth-order valence-electron chi connectivity index (χ4n) is 3.79. The summed E-state index contributed by atoms with van der Waals surface area (Å²) in [4.78, 5) is 34.6. The van der Waals surface area contributed by atoms with Gasteiger partial charge < -0.3 is 14.8 Å². The van der Waals surface area contributed by atoms with Gasteiger partial charge in [0.05, 0.1) is 12.3 Å². The fraction of sp³-hybridized carbons (Fsp3) is 0.667. The van der Waals surface area contributed by atoms with Crippen molar-refractivity contribution < 1.29 is 37.0 Å². The van der Waals surface area contributed by atoms with Gasteiger partial charge in [-0.2, -0.15) is 13.2 Å². The van der Waals surface area contributed by atoms with Gasteiger partial charge in [0, 0.05) is 18.4 Å². The standard InChI is InChI=1S/C15H16F3NO5/c1-6(15(16,17)18)13(21)19-3-2-10(20)23-11-7-4-8-9(5-7)14(22)24-12(8)11/h7-9,11-12H,1-5H2,(H,19,21). The van der Waals surface area contributed by atoms with Gasteiger partial charge in [-0.3, -0.25) is 14.4 Å². The van der Waals surface area contributed by atoms with Crippen LogP contribution in [0.15, 0.2) is 12.2 Å². The average molecular weight is 347 g/mol. The molecule has 0 aromatic heterocycles. The Morgan fingerprint density at radius 3 is 2.71 bits per heavy atom. The van der Waals surface area contributed by atoms with Crippen molar-refractivity contribution in [2.75, 3.05) is 6.54 Å². The highest BCUT2D eigenvalue weighted by Crippen LogP contribution is 2.55. The Hall–Kier alpha value is -2.06. The van der Waals surface area contributed by atoms with Gasteiger partial charge >= 0.3 is 18.1 Å². The lowest BCUT2D eigenvalue weighted by molar-refractivity contribution is -0.161. The topological polar surface area (TPSA) is 81.7 Å². The molecule has 1 heterocycles. The Kier molecular flexibility index (Phi) is 4.05. The van der Waals surface area contributed by atoms with E-state index < -0.39 is 35.8 Å². The van der Waals surface area contributed by atoms with Crippen LogP contribution in [0.25, 0.3) is 0 Å². The molecule has 9 heteroatoms. The Balaban J connectivity index is 1.44. The van der Waals surface area contributed by atoms with Crippen molar-refractivity contribution in [3.05, 3.63) is 12.2 Å². The number of hydrogen-bond donors (Lipinski definition) is 1. The predicted molar refractivity (Wildman–Crippen MR) is 72.3 cm³/mol. The molecule has 6 nitrogen and oxygen atoms in total. The van der Waals surface area contributed by atoms with E-state index in [9.17, 15) is 27.6 Å². The molecule has 5 atom stereocenters. The summed E-state index contributed by atoms with van der Waals surface area (Å²) in [6.45, 7) is 2.37. The van der Waals surface area contributed by atoms with Crippen molar-refractivity contribution >= 4 is 17.8 Å². The quantitative estimate of drug-likeness (QED) is 0.595. The van der Waals surface area contributed by atoms with E-state index in [-0.39, 0.29) is 36.7 Å². The fourth-order valence-corrected chi connectivity index (χ4v) is 3.79. The van der Waals surface area contributed by atoms with E-state index in [0.717, 1.165) is 6.42 Å². The smallest absolute Gasteiger partial charge is 0.421 e. The minimum absolute atomic E-state index is 0.0833. The molecule has 0 radical (unpaired) electrons. The first kappa shape index (κ1) is 16.8. The summed E-state index contributed by atoms with van der Waals surface area (Å²) < 4.78 is 47.4. The van der Waals surface area contributed by atoms with E-state index in [1.54, 1.807) is 0 Å². The Labute approximate surface area is 135 Å². The van der Waals surface area contributed by atoms with E-state index in [2.05, 4.69) is 6.58 Å². The summed E-state index contributed by atoms with van der Waals surface area (Å²) in [6.07, 6.45) is -4.57. The highest BCUT2D eigenvalue weighted by molar-refractivity contribution is 5.94. The van der Waals surface area contributed by atoms with E-state index in [1.165, 1.54) is 0 Å². The van der Waals surface area contributed by atoms with Crippen LogP contribution in [0.3, 0.4) is 0 Å². The first-order valence-corrected chi connectivity index (χ1v) is 7.62. The average Bonchev–Trinajstić information content (AvgIpc) is 3.10. The number of esters is 2. The summed E-state index contributed by atoms with van der Waals surface area (Å²) >= 11 is 0. The first-order valence-electron chi connectivity index (χ1n) is 7.62. The van der Waals surface area contributed by atoms with Crippen LogP contribution >= 0.6 is 0 Å². The lowest BCUT2D eigenvalue weighted by atomic mass is 9.88. The second-order valence-electron chi connectivity index (χ2n) is 6.34. The molecule has 132 valence electrons. The highest BCUT2D eigenvalue weighted by Gasteiger charge is 2.63. The lowest BCUT2D eigenvalue weighted by Gasteiger charge is -2.25. The Morgan fingerprint density at radius 2 is 2.04 bits per heavy atom. The molecule has 0 aromatic rings. The number of rotatable bonds is 5. The first-order chi connectivity index (χ1) is 11.2. The number of ether oxygens (including phenoxy) is 2. The molecule has 0 aromatic carbocycles. The minimum Gasteiger partial charge on any atom is -0.458 e. The Bertz CT molecular complexity index is 602. The number of carbonyl (C=O) groups excluding carboxylic acids is 3.